The lowest BCUT2D eigenvalue weighted by molar-refractivity contribution is 0.0963. The molecule has 0 radical (unpaired) electrons. The van der Waals surface area contributed by atoms with E-state index >= 15 is 0 Å². The highest BCUT2D eigenvalue weighted by atomic mass is 16.1. The first-order valence-corrected chi connectivity index (χ1v) is 7.25. The quantitative estimate of drug-likeness (QED) is 0.874. The first-order valence-electron chi connectivity index (χ1n) is 7.25. The molecule has 0 saturated heterocycles. The molecule has 1 atom stereocenters. The zero-order chi connectivity index (χ0) is 15.2. The van der Waals surface area contributed by atoms with Crippen molar-refractivity contribution in [2.75, 3.05) is 12.4 Å². The van der Waals surface area contributed by atoms with E-state index in [9.17, 15) is 4.79 Å². The average molecular weight is 282 g/mol. The van der Waals surface area contributed by atoms with E-state index in [1.165, 1.54) is 5.56 Å². The van der Waals surface area contributed by atoms with Crippen LogP contribution in [0.1, 0.15) is 35.8 Å². The van der Waals surface area contributed by atoms with Crippen LogP contribution >= 0.6 is 0 Å². The molecule has 1 amide bonds. The molecule has 2 rings (SSSR count). The van der Waals surface area contributed by atoms with Crippen LogP contribution in [0.5, 0.6) is 0 Å². The number of carbonyl (C=O) groups is 1. The van der Waals surface area contributed by atoms with Gasteiger partial charge >= 0.3 is 0 Å². The molecule has 0 aromatic heterocycles. The Morgan fingerprint density at radius 1 is 1.00 bits per heavy atom. The molecule has 21 heavy (non-hydrogen) atoms. The summed E-state index contributed by atoms with van der Waals surface area (Å²) in [6.45, 7) is 4.38. The van der Waals surface area contributed by atoms with E-state index in [0.717, 1.165) is 5.69 Å². The van der Waals surface area contributed by atoms with Crippen molar-refractivity contribution in [3.05, 3.63) is 65.7 Å². The third-order valence-electron chi connectivity index (χ3n) is 3.50. The van der Waals surface area contributed by atoms with Crippen molar-refractivity contribution in [2.45, 2.75) is 19.9 Å². The Hall–Kier alpha value is -2.29. The van der Waals surface area contributed by atoms with Crippen LogP contribution in [0.4, 0.5) is 5.69 Å². The third-order valence-corrected chi connectivity index (χ3v) is 3.50. The minimum absolute atomic E-state index is 0.0699. The van der Waals surface area contributed by atoms with Crippen molar-refractivity contribution in [3.63, 3.8) is 0 Å². The number of carbonyl (C=O) groups excluding carboxylic acids is 1. The lowest BCUT2D eigenvalue weighted by atomic mass is 9.95. The molecule has 0 bridgehead atoms. The van der Waals surface area contributed by atoms with E-state index in [4.69, 9.17) is 0 Å². The molecule has 0 spiro atoms. The zero-order valence-electron chi connectivity index (χ0n) is 12.8. The van der Waals surface area contributed by atoms with Gasteiger partial charge in [0.25, 0.3) is 5.91 Å². The van der Waals surface area contributed by atoms with Crippen LogP contribution in [0, 0.1) is 5.92 Å². The standard InChI is InChI=1S/C18H22N2O/c1-13(2)17(14-8-5-4-6-9-14)20-16-11-7-10-15(12-16)18(21)19-3/h4-13,17,20H,1-3H3,(H,19,21). The molecule has 3 heteroatoms. The number of amides is 1. The van der Waals surface area contributed by atoms with Crippen LogP contribution in [0.3, 0.4) is 0 Å². The van der Waals surface area contributed by atoms with Crippen LogP contribution in [0.2, 0.25) is 0 Å². The van der Waals surface area contributed by atoms with Crippen LogP contribution in [0.25, 0.3) is 0 Å². The minimum atomic E-state index is -0.0699. The van der Waals surface area contributed by atoms with Crippen LogP contribution in [-0.2, 0) is 0 Å². The fraction of sp³-hybridized carbons (Fsp3) is 0.278. The molecular weight excluding hydrogens is 260 g/mol. The van der Waals surface area contributed by atoms with Gasteiger partial charge in [0, 0.05) is 18.3 Å². The molecule has 0 fully saturated rings. The maximum atomic E-state index is 11.7. The lowest BCUT2D eigenvalue weighted by Gasteiger charge is -2.24. The fourth-order valence-electron chi connectivity index (χ4n) is 2.37. The van der Waals surface area contributed by atoms with Crippen molar-refractivity contribution in [1.82, 2.24) is 5.32 Å². The van der Waals surface area contributed by atoms with Crippen LogP contribution < -0.4 is 10.6 Å². The molecule has 2 N–H and O–H groups in total. The summed E-state index contributed by atoms with van der Waals surface area (Å²) in [6.07, 6.45) is 0. The van der Waals surface area contributed by atoms with Crippen LogP contribution in [0.15, 0.2) is 54.6 Å². The topological polar surface area (TPSA) is 41.1 Å². The Labute approximate surface area is 126 Å². The molecule has 2 aromatic rings. The van der Waals surface area contributed by atoms with E-state index in [1.807, 2.05) is 42.5 Å². The van der Waals surface area contributed by atoms with Gasteiger partial charge in [0.05, 0.1) is 6.04 Å². The molecule has 0 aliphatic heterocycles. The summed E-state index contributed by atoms with van der Waals surface area (Å²) in [4.78, 5) is 11.7. The average Bonchev–Trinajstić information content (AvgIpc) is 2.52. The van der Waals surface area contributed by atoms with Gasteiger partial charge in [-0.3, -0.25) is 4.79 Å². The molecule has 1 unspecified atom stereocenters. The minimum Gasteiger partial charge on any atom is -0.378 e. The molecule has 3 nitrogen and oxygen atoms in total. The Kier molecular flexibility index (Phi) is 4.99. The monoisotopic (exact) mass is 282 g/mol. The molecular formula is C18H22N2O. The van der Waals surface area contributed by atoms with Crippen molar-refractivity contribution >= 4 is 11.6 Å². The first-order chi connectivity index (χ1) is 10.1. The summed E-state index contributed by atoms with van der Waals surface area (Å²) in [5.41, 5.74) is 2.87. The predicted molar refractivity (Wildman–Crippen MR) is 87.5 cm³/mol. The molecule has 0 aliphatic carbocycles. The highest BCUT2D eigenvalue weighted by Gasteiger charge is 2.15. The maximum Gasteiger partial charge on any atom is 0.251 e. The van der Waals surface area contributed by atoms with Gasteiger partial charge in [0.2, 0.25) is 0 Å². The smallest absolute Gasteiger partial charge is 0.251 e. The number of benzene rings is 2. The Bertz CT molecular complexity index is 593. The Morgan fingerprint density at radius 3 is 2.33 bits per heavy atom. The summed E-state index contributed by atoms with van der Waals surface area (Å²) < 4.78 is 0. The van der Waals surface area contributed by atoms with Crippen LogP contribution in [-0.4, -0.2) is 13.0 Å². The van der Waals surface area contributed by atoms with E-state index in [-0.39, 0.29) is 11.9 Å². The van der Waals surface area contributed by atoms with Crippen molar-refractivity contribution in [2.24, 2.45) is 5.92 Å². The Balaban J connectivity index is 2.24. The van der Waals surface area contributed by atoms with Gasteiger partial charge in [-0.15, -0.1) is 0 Å². The predicted octanol–water partition coefficient (Wildman–Crippen LogP) is 3.86. The molecule has 0 aliphatic rings. The summed E-state index contributed by atoms with van der Waals surface area (Å²) in [5, 5.41) is 6.18. The van der Waals surface area contributed by atoms with E-state index in [1.54, 1.807) is 7.05 Å². The number of rotatable bonds is 5. The normalized spacial score (nSPS) is 12.0. The van der Waals surface area contributed by atoms with Gasteiger partial charge in [-0.25, -0.2) is 0 Å². The highest BCUT2D eigenvalue weighted by molar-refractivity contribution is 5.94. The fourth-order valence-corrected chi connectivity index (χ4v) is 2.37. The van der Waals surface area contributed by atoms with Crippen molar-refractivity contribution < 1.29 is 4.79 Å². The van der Waals surface area contributed by atoms with Gasteiger partial charge in [-0.1, -0.05) is 50.2 Å². The molecule has 0 heterocycles. The number of anilines is 1. The van der Waals surface area contributed by atoms with Gasteiger partial charge in [0.15, 0.2) is 0 Å². The van der Waals surface area contributed by atoms with Gasteiger partial charge in [-0.2, -0.15) is 0 Å². The maximum absolute atomic E-state index is 11.7. The van der Waals surface area contributed by atoms with E-state index < -0.39 is 0 Å². The summed E-state index contributed by atoms with van der Waals surface area (Å²) in [7, 11) is 1.64. The second kappa shape index (κ2) is 6.93. The summed E-state index contributed by atoms with van der Waals surface area (Å²) >= 11 is 0. The SMILES string of the molecule is CNC(=O)c1cccc(NC(c2ccccc2)C(C)C)c1. The van der Waals surface area contributed by atoms with Crippen molar-refractivity contribution in [1.29, 1.82) is 0 Å². The zero-order valence-corrected chi connectivity index (χ0v) is 12.8. The number of nitrogens with one attached hydrogen (secondary N) is 2. The second-order valence-electron chi connectivity index (χ2n) is 5.44. The van der Waals surface area contributed by atoms with E-state index in [2.05, 4.69) is 36.6 Å². The molecule has 2 aromatic carbocycles. The van der Waals surface area contributed by atoms with Crippen molar-refractivity contribution in [3.8, 4) is 0 Å². The van der Waals surface area contributed by atoms with Gasteiger partial charge in [0.1, 0.15) is 0 Å². The van der Waals surface area contributed by atoms with E-state index in [0.29, 0.717) is 11.5 Å². The largest absolute Gasteiger partial charge is 0.378 e. The molecule has 0 saturated carbocycles. The third kappa shape index (κ3) is 3.85. The van der Waals surface area contributed by atoms with Gasteiger partial charge in [-0.05, 0) is 29.7 Å². The highest BCUT2D eigenvalue weighted by Crippen LogP contribution is 2.26. The molecule has 110 valence electrons. The number of hydrogen-bond donors (Lipinski definition) is 2. The van der Waals surface area contributed by atoms with Gasteiger partial charge < -0.3 is 10.6 Å². The Morgan fingerprint density at radius 2 is 1.71 bits per heavy atom. The summed E-state index contributed by atoms with van der Waals surface area (Å²) in [6, 6.07) is 18.2. The number of hydrogen-bond acceptors (Lipinski definition) is 2. The second-order valence-corrected chi connectivity index (χ2v) is 5.44. The first kappa shape index (κ1) is 15.1. The lowest BCUT2D eigenvalue weighted by Crippen LogP contribution is -2.19. The summed E-state index contributed by atoms with van der Waals surface area (Å²) in [5.74, 6) is 0.371.